The predicted molar refractivity (Wildman–Crippen MR) is 52.9 cm³/mol. The summed E-state index contributed by atoms with van der Waals surface area (Å²) in [6.45, 7) is 0. The van der Waals surface area contributed by atoms with Crippen LogP contribution in [0.4, 0.5) is 0 Å². The number of carbonyl (C=O) groups excluding carboxylic acids is 1. The van der Waals surface area contributed by atoms with Crippen molar-refractivity contribution in [3.05, 3.63) is 17.0 Å². The molecule has 2 aromatic heterocycles. The lowest BCUT2D eigenvalue weighted by Gasteiger charge is -1.91. The molecule has 2 heterocycles. The third-order valence-corrected chi connectivity index (χ3v) is 2.78. The molecule has 0 aliphatic heterocycles. The Morgan fingerprint density at radius 3 is 3.00 bits per heavy atom. The summed E-state index contributed by atoms with van der Waals surface area (Å²) in [6, 6.07) is 3.54. The maximum absolute atomic E-state index is 11.1. The van der Waals surface area contributed by atoms with Crippen molar-refractivity contribution in [3.8, 4) is 0 Å². The summed E-state index contributed by atoms with van der Waals surface area (Å²) in [5.41, 5.74) is 1.49. The molecule has 0 bridgehead atoms. The monoisotopic (exact) mass is 191 g/mol. The van der Waals surface area contributed by atoms with Crippen LogP contribution in [0.5, 0.6) is 0 Å². The van der Waals surface area contributed by atoms with Gasteiger partial charge in [0.25, 0.3) is 0 Å². The highest BCUT2D eigenvalue weighted by Crippen LogP contribution is 2.23. The Bertz CT molecular complexity index is 428. The van der Waals surface area contributed by atoms with Crippen LogP contribution < -0.4 is 5.59 Å². The smallest absolute Gasteiger partial charge is 0.348 e. The van der Waals surface area contributed by atoms with Crippen molar-refractivity contribution in [1.29, 1.82) is 0 Å². The van der Waals surface area contributed by atoms with Crippen molar-refractivity contribution in [2.45, 2.75) is 0 Å². The Labute approximate surface area is 80.1 Å². The minimum Gasteiger partial charge on any atom is -0.465 e. The fraction of sp³-hybridized carbons (Fsp3) is 0.125. The number of hydrogen-bond donors (Lipinski definition) is 1. The Morgan fingerprint density at radius 1 is 1.62 bits per heavy atom. The number of nitrogens with one attached hydrogen (secondary N) is 1. The van der Waals surface area contributed by atoms with Crippen molar-refractivity contribution in [3.63, 3.8) is 0 Å². The summed E-state index contributed by atoms with van der Waals surface area (Å²) in [6.07, 6.45) is 0. The van der Waals surface area contributed by atoms with Gasteiger partial charge in [0.05, 0.1) is 17.3 Å². The van der Waals surface area contributed by atoms with Gasteiger partial charge in [-0.3, -0.25) is 0 Å². The van der Waals surface area contributed by atoms with Gasteiger partial charge in [-0.2, -0.15) is 0 Å². The van der Waals surface area contributed by atoms with Gasteiger partial charge in [0.2, 0.25) is 0 Å². The Balaban J connectivity index is 2.51. The van der Waals surface area contributed by atoms with Gasteiger partial charge in [-0.15, -0.1) is 11.3 Å². The van der Waals surface area contributed by atoms with E-state index < -0.39 is 0 Å². The van der Waals surface area contributed by atoms with Crippen LogP contribution in [0.1, 0.15) is 9.67 Å². The van der Waals surface area contributed by atoms with E-state index in [0.29, 0.717) is 10.5 Å². The zero-order chi connectivity index (χ0) is 9.42. The molecule has 1 N–H and O–H groups in total. The quantitative estimate of drug-likeness (QED) is 0.535. The van der Waals surface area contributed by atoms with Crippen LogP contribution in [0.3, 0.4) is 0 Å². The van der Waals surface area contributed by atoms with Gasteiger partial charge in [-0.25, -0.2) is 4.79 Å². The van der Waals surface area contributed by atoms with E-state index in [0.717, 1.165) is 10.2 Å². The second-order valence-corrected chi connectivity index (χ2v) is 3.69. The normalized spacial score (nSPS) is 10.5. The lowest BCUT2D eigenvalue weighted by atomic mass is 10.1. The predicted octanol–water partition coefficient (Wildman–Crippen LogP) is 0.810. The van der Waals surface area contributed by atoms with Gasteiger partial charge in [0, 0.05) is 0 Å². The molecule has 0 fully saturated rings. The van der Waals surface area contributed by atoms with Gasteiger partial charge in [-0.1, -0.05) is 0 Å². The summed E-state index contributed by atoms with van der Waals surface area (Å²) >= 11 is 1.36. The highest BCUT2D eigenvalue weighted by molar-refractivity contribution is 7.20. The molecule has 64 valence electrons. The molecule has 0 aliphatic rings. The molecule has 2 radical (unpaired) electrons. The number of fused-ring (bicyclic) bond motifs is 1. The molecule has 2 aromatic rings. The highest BCUT2D eigenvalue weighted by atomic mass is 32.1. The highest BCUT2D eigenvalue weighted by Gasteiger charge is 2.10. The van der Waals surface area contributed by atoms with Crippen molar-refractivity contribution in [2.24, 2.45) is 0 Å². The average molecular weight is 191 g/mol. The Morgan fingerprint density at radius 2 is 2.38 bits per heavy atom. The topological polar surface area (TPSA) is 42.1 Å². The Kier molecular flexibility index (Phi) is 1.88. The van der Waals surface area contributed by atoms with Crippen LogP contribution in [-0.2, 0) is 4.74 Å². The molecule has 0 unspecified atom stereocenters. The fourth-order valence-corrected chi connectivity index (χ4v) is 2.13. The van der Waals surface area contributed by atoms with Crippen molar-refractivity contribution >= 4 is 41.0 Å². The van der Waals surface area contributed by atoms with Crippen LogP contribution >= 0.6 is 11.3 Å². The van der Waals surface area contributed by atoms with Crippen LogP contribution in [0, 0.1) is 0 Å². The lowest BCUT2D eigenvalue weighted by Crippen LogP contribution is -2.00. The fourth-order valence-electron chi connectivity index (χ4n) is 1.14. The minimum atomic E-state index is -0.312. The molecule has 0 aromatic carbocycles. The summed E-state index contributed by atoms with van der Waals surface area (Å²) in [5, 5.41) is 0. The molecular weight excluding hydrogens is 185 g/mol. The zero-order valence-corrected chi connectivity index (χ0v) is 7.77. The van der Waals surface area contributed by atoms with Crippen molar-refractivity contribution in [2.75, 3.05) is 7.11 Å². The Hall–Kier alpha value is -1.23. The van der Waals surface area contributed by atoms with Crippen LogP contribution in [0.2, 0.25) is 0 Å². The lowest BCUT2D eigenvalue weighted by molar-refractivity contribution is 0.0606. The molecule has 2 rings (SSSR count). The standard InChI is InChI=1S/C8H6BNO2S/c1-12-8(11)6-2-4-5(13-6)3-7(9)10-4/h2-3,10H,1H3. The number of aromatic nitrogens is 1. The number of aromatic amines is 1. The number of methoxy groups -OCH3 is 1. The van der Waals surface area contributed by atoms with Crippen molar-refractivity contribution < 1.29 is 9.53 Å². The number of rotatable bonds is 1. The third kappa shape index (κ3) is 1.35. The molecule has 5 heteroatoms. The first-order valence-electron chi connectivity index (χ1n) is 3.67. The van der Waals surface area contributed by atoms with E-state index in [1.54, 1.807) is 12.1 Å². The zero-order valence-electron chi connectivity index (χ0n) is 6.96. The third-order valence-electron chi connectivity index (χ3n) is 1.71. The summed E-state index contributed by atoms with van der Waals surface area (Å²) < 4.78 is 5.56. The number of ether oxygens (including phenoxy) is 1. The first-order chi connectivity index (χ1) is 6.20. The van der Waals surface area contributed by atoms with Crippen LogP contribution in [0.25, 0.3) is 10.2 Å². The molecule has 0 saturated carbocycles. The second kappa shape index (κ2) is 2.92. The molecule has 0 amide bonds. The number of esters is 1. The van der Waals surface area contributed by atoms with Gasteiger partial charge in [0.15, 0.2) is 0 Å². The molecule has 13 heavy (non-hydrogen) atoms. The first-order valence-corrected chi connectivity index (χ1v) is 4.48. The van der Waals surface area contributed by atoms with Gasteiger partial charge >= 0.3 is 5.97 Å². The maximum Gasteiger partial charge on any atom is 0.348 e. The molecular formula is C8H6BNO2S. The van der Waals surface area contributed by atoms with E-state index >= 15 is 0 Å². The van der Waals surface area contributed by atoms with Crippen molar-refractivity contribution in [1.82, 2.24) is 4.98 Å². The molecule has 0 saturated heterocycles. The van der Waals surface area contributed by atoms with E-state index in [1.165, 1.54) is 18.4 Å². The summed E-state index contributed by atoms with van der Waals surface area (Å²) in [4.78, 5) is 14.6. The van der Waals surface area contributed by atoms with E-state index in [2.05, 4.69) is 9.72 Å². The van der Waals surface area contributed by atoms with E-state index in [9.17, 15) is 4.79 Å². The first kappa shape index (κ1) is 8.38. The van der Waals surface area contributed by atoms with E-state index in [1.807, 2.05) is 0 Å². The SMILES string of the molecule is [B]c1cc2sc(C(=O)OC)cc2[nH]1. The summed E-state index contributed by atoms with van der Waals surface area (Å²) in [5.74, 6) is -0.312. The van der Waals surface area contributed by atoms with Gasteiger partial charge < -0.3 is 9.72 Å². The molecule has 3 nitrogen and oxygen atoms in total. The molecule has 0 aliphatic carbocycles. The second-order valence-electron chi connectivity index (χ2n) is 2.60. The van der Waals surface area contributed by atoms with E-state index in [-0.39, 0.29) is 5.97 Å². The number of thiophene rings is 1. The maximum atomic E-state index is 11.1. The molecule has 0 atom stereocenters. The average Bonchev–Trinajstić information content (AvgIpc) is 2.59. The minimum absolute atomic E-state index is 0.312. The number of H-pyrrole nitrogens is 1. The van der Waals surface area contributed by atoms with Gasteiger partial charge in [-0.05, 0) is 17.7 Å². The number of carbonyl (C=O) groups is 1. The van der Waals surface area contributed by atoms with E-state index in [4.69, 9.17) is 7.85 Å². The van der Waals surface area contributed by atoms with Gasteiger partial charge in [0.1, 0.15) is 12.7 Å². The number of hydrogen-bond acceptors (Lipinski definition) is 3. The summed E-state index contributed by atoms with van der Waals surface area (Å²) in [7, 11) is 6.89. The van der Waals surface area contributed by atoms with Crippen LogP contribution in [-0.4, -0.2) is 25.9 Å². The largest absolute Gasteiger partial charge is 0.465 e. The molecule has 0 spiro atoms. The van der Waals surface area contributed by atoms with Crippen LogP contribution in [0.15, 0.2) is 12.1 Å².